The molecule has 0 radical (unpaired) electrons. The van der Waals surface area contributed by atoms with Crippen molar-refractivity contribution in [2.45, 2.75) is 41.5 Å². The summed E-state index contributed by atoms with van der Waals surface area (Å²) in [6.07, 6.45) is 0. The number of benzene rings is 6. The van der Waals surface area contributed by atoms with Gasteiger partial charge >= 0.3 is 295 Å². The first-order chi connectivity index (χ1) is 22.6. The molecule has 0 spiro atoms. The zero-order valence-electron chi connectivity index (χ0n) is 27.9. The molecular formula is C42H44Cl2NiP2. The van der Waals surface area contributed by atoms with E-state index in [4.69, 9.17) is 20.4 Å². The van der Waals surface area contributed by atoms with Crippen LogP contribution in [0.1, 0.15) is 33.4 Å². The Bertz CT molecular complexity index is 1700. The van der Waals surface area contributed by atoms with Crippen molar-refractivity contribution in [3.63, 3.8) is 0 Å². The van der Waals surface area contributed by atoms with E-state index in [0.717, 1.165) is 0 Å². The first kappa shape index (κ1) is 34.1. The van der Waals surface area contributed by atoms with Crippen molar-refractivity contribution in [2.75, 3.05) is 0 Å². The molecule has 0 nitrogen and oxygen atoms in total. The molecule has 6 rings (SSSR count). The predicted molar refractivity (Wildman–Crippen MR) is 213 cm³/mol. The summed E-state index contributed by atoms with van der Waals surface area (Å²) in [7, 11) is 15.1. The molecule has 0 heterocycles. The van der Waals surface area contributed by atoms with E-state index in [0.29, 0.717) is 0 Å². The topological polar surface area (TPSA) is 0 Å². The molecule has 0 fully saturated rings. The standard InChI is InChI=1S/2C21H21P.2ClH.Ni/c2*1-16-10-4-7-13-19(16)22(20-14-8-5-11-17(20)2)21-15-9-6-12-18(21)3;;;/h2*4-15H,1-3H3;2*1H;. The summed E-state index contributed by atoms with van der Waals surface area (Å²) in [4.78, 5) is 0. The zero-order valence-corrected chi connectivity index (χ0v) is 32.4. The summed E-state index contributed by atoms with van der Waals surface area (Å²) in [5.41, 5.74) is 7.38. The van der Waals surface area contributed by atoms with Crippen LogP contribution in [0.3, 0.4) is 0 Å². The third kappa shape index (κ3) is 5.35. The van der Waals surface area contributed by atoms with Crippen molar-refractivity contribution >= 4 is 64.3 Å². The van der Waals surface area contributed by atoms with E-state index < -0.39 is 21.8 Å². The van der Waals surface area contributed by atoms with E-state index in [1.807, 2.05) is 0 Å². The monoisotopic (exact) mass is 738 g/mol. The average Bonchev–Trinajstić information content (AvgIpc) is 3.06. The Morgan fingerprint density at radius 2 is 0.447 bits per heavy atom. The fourth-order valence-electron chi connectivity index (χ4n) is 7.34. The molecule has 0 amide bonds. The van der Waals surface area contributed by atoms with Gasteiger partial charge in [0.15, 0.2) is 0 Å². The van der Waals surface area contributed by atoms with Gasteiger partial charge in [-0.25, -0.2) is 0 Å². The molecule has 47 heavy (non-hydrogen) atoms. The molecule has 0 unspecified atom stereocenters. The van der Waals surface area contributed by atoms with E-state index in [-0.39, 0.29) is 0 Å². The molecular weight excluding hydrogens is 696 g/mol. The van der Waals surface area contributed by atoms with Crippen LogP contribution in [0.5, 0.6) is 0 Å². The molecule has 0 N–H and O–H groups in total. The molecule has 0 atom stereocenters. The van der Waals surface area contributed by atoms with Crippen LogP contribution < -0.4 is 31.8 Å². The number of aryl methyl sites for hydroxylation is 6. The van der Waals surface area contributed by atoms with Crippen molar-refractivity contribution in [3.05, 3.63) is 179 Å². The normalized spacial score (nSPS) is 13.3. The average molecular weight is 740 g/mol. The van der Waals surface area contributed by atoms with Crippen molar-refractivity contribution in [1.82, 2.24) is 0 Å². The molecule has 246 valence electrons. The molecule has 5 heteroatoms. The van der Waals surface area contributed by atoms with Gasteiger partial charge in [-0.3, -0.25) is 0 Å². The van der Waals surface area contributed by atoms with Gasteiger partial charge in [-0.15, -0.1) is 0 Å². The Morgan fingerprint density at radius 1 is 0.298 bits per heavy atom. The molecule has 0 aliphatic rings. The van der Waals surface area contributed by atoms with E-state index in [1.54, 1.807) is 0 Å². The molecule has 0 aliphatic carbocycles. The minimum atomic E-state index is -3.35. The molecule has 0 saturated heterocycles. The van der Waals surface area contributed by atoms with E-state index >= 15 is 0 Å². The van der Waals surface area contributed by atoms with Gasteiger partial charge in [0.1, 0.15) is 0 Å². The van der Waals surface area contributed by atoms with Gasteiger partial charge in [-0.05, 0) is 0 Å². The Hall–Kier alpha value is -2.75. The zero-order chi connectivity index (χ0) is 33.4. The van der Waals surface area contributed by atoms with Gasteiger partial charge < -0.3 is 0 Å². The van der Waals surface area contributed by atoms with Crippen LogP contribution in [-0.4, -0.2) is 0 Å². The van der Waals surface area contributed by atoms with Crippen LogP contribution in [0, 0.1) is 41.5 Å². The predicted octanol–water partition coefficient (Wildman–Crippen LogP) is 9.58. The van der Waals surface area contributed by atoms with Crippen molar-refractivity contribution in [2.24, 2.45) is 0 Å². The van der Waals surface area contributed by atoms with E-state index in [9.17, 15) is 0 Å². The fourth-order valence-corrected chi connectivity index (χ4v) is 49.2. The molecule has 6 aromatic carbocycles. The Labute approximate surface area is 292 Å². The first-order valence-corrected chi connectivity index (χ1v) is 25.3. The summed E-state index contributed by atoms with van der Waals surface area (Å²) in [6, 6.07) is 46.8. The summed E-state index contributed by atoms with van der Waals surface area (Å²) in [5.74, 6) is 0. The number of hydrogen-bond donors (Lipinski definition) is 0. The maximum atomic E-state index is 9.00. The fraction of sp³-hybridized carbons (Fsp3) is 0.143. The Morgan fingerprint density at radius 3 is 0.596 bits per heavy atom. The quantitative estimate of drug-likeness (QED) is 0.108. The van der Waals surface area contributed by atoms with Crippen LogP contribution in [0.2, 0.25) is 0 Å². The van der Waals surface area contributed by atoms with Crippen LogP contribution in [0.4, 0.5) is 0 Å². The molecule has 0 bridgehead atoms. The van der Waals surface area contributed by atoms with Gasteiger partial charge in [0, 0.05) is 0 Å². The van der Waals surface area contributed by atoms with E-state index in [1.165, 1.54) is 65.2 Å². The van der Waals surface area contributed by atoms with Gasteiger partial charge in [0.2, 0.25) is 0 Å². The first-order valence-electron chi connectivity index (χ1n) is 16.0. The number of halogens is 2. The van der Waals surface area contributed by atoms with Gasteiger partial charge in [-0.2, -0.15) is 0 Å². The SMILES string of the molecule is Cc1ccccc1[PH](c1ccccc1C)(c1ccccc1C)[Ni]([Cl])([Cl])[PH](c1ccccc1C)(c1ccccc1C)c1ccccc1C. The van der Waals surface area contributed by atoms with Crippen LogP contribution in [0.25, 0.3) is 0 Å². The Balaban J connectivity index is 1.99. The van der Waals surface area contributed by atoms with Crippen molar-refractivity contribution < 1.29 is 9.74 Å². The van der Waals surface area contributed by atoms with Gasteiger partial charge in [0.05, 0.1) is 0 Å². The summed E-state index contributed by atoms with van der Waals surface area (Å²) in [5, 5.41) is 7.76. The third-order valence-corrected chi connectivity index (χ3v) is 43.5. The van der Waals surface area contributed by atoms with Crippen LogP contribution >= 0.6 is 32.5 Å². The molecule has 0 aromatic heterocycles. The molecule has 0 saturated carbocycles. The second-order valence-corrected chi connectivity index (χ2v) is 35.7. The number of hydrogen-bond acceptors (Lipinski definition) is 0. The van der Waals surface area contributed by atoms with Crippen molar-refractivity contribution in [3.8, 4) is 0 Å². The molecule has 6 aromatic rings. The molecule has 0 aliphatic heterocycles. The Kier molecular flexibility index (Phi) is 9.90. The van der Waals surface area contributed by atoms with Crippen LogP contribution in [-0.2, 0) is 9.74 Å². The number of rotatable bonds is 8. The van der Waals surface area contributed by atoms with Gasteiger partial charge in [0.25, 0.3) is 0 Å². The summed E-state index contributed by atoms with van der Waals surface area (Å²) < 4.78 is 0. The second kappa shape index (κ2) is 13.6. The summed E-state index contributed by atoms with van der Waals surface area (Å²) >= 11 is 0. The van der Waals surface area contributed by atoms with Crippen LogP contribution in [0.15, 0.2) is 146 Å². The maximum absolute atomic E-state index is 9.00. The third-order valence-electron chi connectivity index (χ3n) is 9.59. The second-order valence-electron chi connectivity index (χ2n) is 12.5. The summed E-state index contributed by atoms with van der Waals surface area (Å²) in [6.45, 7) is 13.5. The van der Waals surface area contributed by atoms with Gasteiger partial charge in [-0.1, -0.05) is 0 Å². The van der Waals surface area contributed by atoms with Crippen molar-refractivity contribution in [1.29, 1.82) is 0 Å². The van der Waals surface area contributed by atoms with E-state index in [2.05, 4.69) is 187 Å². The minimum absolute atomic E-state index is 1.23.